The van der Waals surface area contributed by atoms with Gasteiger partial charge >= 0.3 is 5.16 Å². The lowest BCUT2D eigenvalue weighted by Crippen LogP contribution is -1.99. The van der Waals surface area contributed by atoms with Gasteiger partial charge in [-0.05, 0) is 12.1 Å². The summed E-state index contributed by atoms with van der Waals surface area (Å²) in [6.45, 7) is 0. The van der Waals surface area contributed by atoms with E-state index in [0.29, 0.717) is 10.9 Å². The number of hydrogen-bond donors (Lipinski definition) is 1. The molecule has 0 aliphatic heterocycles. The molecule has 2 aromatic rings. The Labute approximate surface area is 100 Å². The van der Waals surface area contributed by atoms with Crippen LogP contribution < -0.4 is 0 Å². The van der Waals surface area contributed by atoms with E-state index < -0.39 is 16.1 Å². The molecule has 0 spiro atoms. The van der Waals surface area contributed by atoms with Crippen LogP contribution in [0.4, 0.5) is 5.69 Å². The third-order valence-corrected chi connectivity index (χ3v) is 2.95. The molecule has 1 N–H and O–H groups in total. The number of benzene rings is 1. The highest BCUT2D eigenvalue weighted by atomic mass is 32.2. The van der Waals surface area contributed by atoms with Crippen molar-refractivity contribution in [3.8, 4) is 11.3 Å². The molecular weight excluding hydrogens is 242 g/mol. The number of aromatic amines is 1. The summed E-state index contributed by atoms with van der Waals surface area (Å²) in [7, 11) is 0. The Morgan fingerprint density at radius 1 is 1.35 bits per heavy atom. The van der Waals surface area contributed by atoms with E-state index in [0.717, 1.165) is 5.56 Å². The molecule has 0 radical (unpaired) electrons. The molecule has 0 aliphatic rings. The Balaban J connectivity index is 2.30. The van der Waals surface area contributed by atoms with Crippen molar-refractivity contribution in [2.24, 2.45) is 0 Å². The molecular formula is C10H9N3O3S. The number of hydrogen-bond acceptors (Lipinski definition) is 4. The largest absolute Gasteiger partial charge is 0.609 e. The van der Waals surface area contributed by atoms with Crippen LogP contribution in [0.3, 0.4) is 0 Å². The summed E-state index contributed by atoms with van der Waals surface area (Å²) in [5.41, 5.74) is 1.39. The van der Waals surface area contributed by atoms with Gasteiger partial charge in [-0.15, -0.1) is 0 Å². The average molecular weight is 251 g/mol. The number of nitrogens with zero attached hydrogens (tertiary/aromatic N) is 2. The van der Waals surface area contributed by atoms with Gasteiger partial charge in [0.2, 0.25) is 0 Å². The van der Waals surface area contributed by atoms with Crippen molar-refractivity contribution in [3.05, 3.63) is 40.6 Å². The quantitative estimate of drug-likeness (QED) is 0.510. The van der Waals surface area contributed by atoms with Crippen molar-refractivity contribution < 1.29 is 9.48 Å². The molecule has 1 heterocycles. The first-order valence-corrected chi connectivity index (χ1v) is 6.27. The second-order valence-corrected chi connectivity index (χ2v) is 4.64. The Kier molecular flexibility index (Phi) is 3.12. The van der Waals surface area contributed by atoms with Crippen LogP contribution in [0.5, 0.6) is 0 Å². The van der Waals surface area contributed by atoms with Crippen molar-refractivity contribution in [2.45, 2.75) is 5.16 Å². The zero-order chi connectivity index (χ0) is 12.4. The molecule has 2 rings (SSSR count). The second-order valence-electron chi connectivity index (χ2n) is 3.35. The molecule has 0 fully saturated rings. The number of nitro groups is 1. The van der Waals surface area contributed by atoms with E-state index in [1.165, 1.54) is 18.4 Å². The standard InChI is InChI=1S/C10H9N3O3S/c1-17(16)10-11-6-9(12-10)7-2-4-8(5-3-7)13(14)15/h2-6H,1H3,(H,11,12). The van der Waals surface area contributed by atoms with Gasteiger partial charge in [0, 0.05) is 35.1 Å². The predicted octanol–water partition coefficient (Wildman–Crippen LogP) is 1.72. The number of nitrogens with one attached hydrogen (secondary N) is 1. The summed E-state index contributed by atoms with van der Waals surface area (Å²) in [6.07, 6.45) is 3.15. The molecule has 0 aliphatic carbocycles. The molecule has 88 valence electrons. The highest BCUT2D eigenvalue weighted by Crippen LogP contribution is 2.21. The molecule has 0 saturated heterocycles. The van der Waals surface area contributed by atoms with Crippen LogP contribution in [-0.2, 0) is 11.2 Å². The Bertz CT molecular complexity index is 536. The monoisotopic (exact) mass is 251 g/mol. The lowest BCUT2D eigenvalue weighted by atomic mass is 10.1. The molecule has 1 unspecified atom stereocenters. The van der Waals surface area contributed by atoms with Gasteiger partial charge < -0.3 is 9.54 Å². The van der Waals surface area contributed by atoms with Gasteiger partial charge in [0.05, 0.1) is 10.6 Å². The summed E-state index contributed by atoms with van der Waals surface area (Å²) in [5, 5.41) is 10.9. The fourth-order valence-electron chi connectivity index (χ4n) is 1.35. The number of H-pyrrole nitrogens is 1. The lowest BCUT2D eigenvalue weighted by Gasteiger charge is -1.97. The Hall–Kier alpha value is -1.86. The zero-order valence-electron chi connectivity index (χ0n) is 8.91. The first-order chi connectivity index (χ1) is 8.08. The van der Waals surface area contributed by atoms with Gasteiger partial charge in [-0.1, -0.05) is 0 Å². The number of imidazole rings is 1. The lowest BCUT2D eigenvalue weighted by molar-refractivity contribution is -0.384. The number of non-ortho nitro benzene ring substituents is 1. The Morgan fingerprint density at radius 3 is 2.47 bits per heavy atom. The van der Waals surface area contributed by atoms with E-state index in [9.17, 15) is 14.7 Å². The number of rotatable bonds is 3. The minimum absolute atomic E-state index is 0.0311. The summed E-state index contributed by atoms with van der Waals surface area (Å²) < 4.78 is 11.2. The van der Waals surface area contributed by atoms with E-state index in [1.54, 1.807) is 18.3 Å². The van der Waals surface area contributed by atoms with Gasteiger partial charge in [0.15, 0.2) is 0 Å². The maximum atomic E-state index is 11.2. The molecule has 1 aromatic carbocycles. The van der Waals surface area contributed by atoms with E-state index >= 15 is 0 Å². The fraction of sp³-hybridized carbons (Fsp3) is 0.100. The van der Waals surface area contributed by atoms with Crippen molar-refractivity contribution in [2.75, 3.05) is 6.26 Å². The molecule has 17 heavy (non-hydrogen) atoms. The molecule has 0 amide bonds. The maximum absolute atomic E-state index is 11.2. The first-order valence-electron chi connectivity index (χ1n) is 4.71. The van der Waals surface area contributed by atoms with Gasteiger partial charge in [0.25, 0.3) is 5.69 Å². The van der Waals surface area contributed by atoms with E-state index in [4.69, 9.17) is 0 Å². The SMILES string of the molecule is C[S+]([O-])c1nc(-c2ccc([N+](=O)[O-])cc2)c[nH]1. The Morgan fingerprint density at radius 2 is 2.00 bits per heavy atom. The van der Waals surface area contributed by atoms with E-state index in [-0.39, 0.29) is 5.69 Å². The van der Waals surface area contributed by atoms with E-state index in [2.05, 4.69) is 9.97 Å². The smallest absolute Gasteiger partial charge is 0.320 e. The molecule has 0 saturated carbocycles. The number of nitro benzene ring substituents is 1. The van der Waals surface area contributed by atoms with Crippen LogP contribution in [0.15, 0.2) is 35.6 Å². The van der Waals surface area contributed by atoms with Gasteiger partial charge in [-0.3, -0.25) is 10.1 Å². The van der Waals surface area contributed by atoms with Crippen molar-refractivity contribution in [1.82, 2.24) is 9.97 Å². The summed E-state index contributed by atoms with van der Waals surface area (Å²) in [4.78, 5) is 17.0. The minimum atomic E-state index is -1.17. The third-order valence-electron chi connectivity index (χ3n) is 2.20. The molecule has 1 atom stereocenters. The van der Waals surface area contributed by atoms with Crippen molar-refractivity contribution in [1.29, 1.82) is 0 Å². The molecule has 0 bridgehead atoms. The van der Waals surface area contributed by atoms with Gasteiger partial charge in [-0.2, -0.15) is 4.98 Å². The average Bonchev–Trinajstić information content (AvgIpc) is 2.78. The van der Waals surface area contributed by atoms with Crippen LogP contribution in [0.1, 0.15) is 0 Å². The predicted molar refractivity (Wildman–Crippen MR) is 63.0 cm³/mol. The topological polar surface area (TPSA) is 94.9 Å². The van der Waals surface area contributed by atoms with Crippen molar-refractivity contribution in [3.63, 3.8) is 0 Å². The van der Waals surface area contributed by atoms with Crippen LogP contribution in [-0.4, -0.2) is 25.7 Å². The zero-order valence-corrected chi connectivity index (χ0v) is 9.73. The maximum Gasteiger partial charge on any atom is 0.320 e. The molecule has 7 heteroatoms. The summed E-state index contributed by atoms with van der Waals surface area (Å²) in [6, 6.07) is 6.03. The van der Waals surface area contributed by atoms with E-state index in [1.807, 2.05) is 0 Å². The fourth-order valence-corrected chi connectivity index (χ4v) is 1.80. The summed E-state index contributed by atoms with van der Waals surface area (Å²) >= 11 is -1.17. The highest BCUT2D eigenvalue weighted by Gasteiger charge is 2.12. The highest BCUT2D eigenvalue weighted by molar-refractivity contribution is 7.90. The van der Waals surface area contributed by atoms with Gasteiger partial charge in [0.1, 0.15) is 6.26 Å². The second kappa shape index (κ2) is 4.56. The normalized spacial score (nSPS) is 12.4. The van der Waals surface area contributed by atoms with Crippen LogP contribution in [0.25, 0.3) is 11.3 Å². The first kappa shape index (κ1) is 11.6. The van der Waals surface area contributed by atoms with Crippen molar-refractivity contribution >= 4 is 16.9 Å². The van der Waals surface area contributed by atoms with Crippen LogP contribution >= 0.6 is 0 Å². The van der Waals surface area contributed by atoms with Crippen LogP contribution in [0, 0.1) is 10.1 Å². The molecule has 1 aromatic heterocycles. The number of aromatic nitrogens is 2. The summed E-state index contributed by atoms with van der Waals surface area (Å²) in [5.74, 6) is 0. The van der Waals surface area contributed by atoms with Gasteiger partial charge in [-0.25, -0.2) is 0 Å². The molecule has 6 nitrogen and oxygen atoms in total. The third kappa shape index (κ3) is 2.45. The van der Waals surface area contributed by atoms with Crippen LogP contribution in [0.2, 0.25) is 0 Å². The minimum Gasteiger partial charge on any atom is -0.609 e.